The minimum atomic E-state index is 1.06. The van der Waals surface area contributed by atoms with Gasteiger partial charge in [-0.25, -0.2) is 0 Å². The number of allylic oxidation sites excluding steroid dienone is 1. The van der Waals surface area contributed by atoms with Crippen LogP contribution in [0.15, 0.2) is 30.3 Å². The van der Waals surface area contributed by atoms with Gasteiger partial charge >= 0.3 is 0 Å². The molecule has 0 atom stereocenters. The van der Waals surface area contributed by atoms with Crippen molar-refractivity contribution in [2.75, 3.05) is 0 Å². The average Bonchev–Trinajstić information content (AvgIpc) is 2.15. The lowest BCUT2D eigenvalue weighted by Crippen LogP contribution is -1.78. The van der Waals surface area contributed by atoms with Crippen molar-refractivity contribution in [2.24, 2.45) is 0 Å². The van der Waals surface area contributed by atoms with Gasteiger partial charge in [0.15, 0.2) is 0 Å². The topological polar surface area (TPSA) is 23.8 Å². The molecule has 0 unspecified atom stereocenters. The van der Waals surface area contributed by atoms with E-state index >= 15 is 0 Å². The molecule has 1 aromatic carbocycles. The Balaban J connectivity index is 2.79. The number of benzene rings is 1. The van der Waals surface area contributed by atoms with Gasteiger partial charge in [0.05, 0.1) is 6.07 Å². The first kappa shape index (κ1) is 8.55. The van der Waals surface area contributed by atoms with Crippen LogP contribution in [0, 0.1) is 11.3 Å². The van der Waals surface area contributed by atoms with Crippen molar-refractivity contribution in [3.8, 4) is 6.07 Å². The summed E-state index contributed by atoms with van der Waals surface area (Å²) in [5.74, 6) is 0. The molecule has 0 heterocycles. The van der Waals surface area contributed by atoms with E-state index in [1.807, 2.05) is 18.2 Å². The summed E-state index contributed by atoms with van der Waals surface area (Å²) in [7, 11) is 0. The number of rotatable bonds is 2. The predicted molar refractivity (Wildman–Crippen MR) is 50.5 cm³/mol. The molecule has 0 saturated heterocycles. The number of hydrogen-bond acceptors (Lipinski definition) is 1. The van der Waals surface area contributed by atoms with E-state index in [0.717, 1.165) is 12.0 Å². The van der Waals surface area contributed by atoms with Crippen molar-refractivity contribution in [2.45, 2.75) is 13.3 Å². The molecule has 1 rings (SSSR count). The smallest absolute Gasteiger partial charge is 0.0912 e. The van der Waals surface area contributed by atoms with Crippen molar-refractivity contribution in [3.05, 3.63) is 41.5 Å². The first-order chi connectivity index (χ1) is 5.86. The monoisotopic (exact) mass is 157 g/mol. The summed E-state index contributed by atoms with van der Waals surface area (Å²) in [6, 6.07) is 10.2. The van der Waals surface area contributed by atoms with Crippen LogP contribution in [0.25, 0.3) is 6.08 Å². The van der Waals surface area contributed by atoms with Gasteiger partial charge in [0.2, 0.25) is 0 Å². The Hall–Kier alpha value is -1.55. The molecule has 0 radical (unpaired) electrons. The summed E-state index contributed by atoms with van der Waals surface area (Å²) >= 11 is 0. The maximum absolute atomic E-state index is 8.29. The van der Waals surface area contributed by atoms with Gasteiger partial charge in [-0.15, -0.1) is 0 Å². The lowest BCUT2D eigenvalue weighted by atomic mass is 10.1. The highest BCUT2D eigenvalue weighted by Crippen LogP contribution is 2.06. The Morgan fingerprint density at radius 3 is 2.50 bits per heavy atom. The second-order valence-corrected chi connectivity index (χ2v) is 2.56. The fourth-order valence-corrected chi connectivity index (χ4v) is 0.998. The molecular weight excluding hydrogens is 146 g/mol. The Morgan fingerprint density at radius 2 is 2.00 bits per heavy atom. The third-order valence-corrected chi connectivity index (χ3v) is 1.74. The van der Waals surface area contributed by atoms with Gasteiger partial charge in [0.1, 0.15) is 0 Å². The summed E-state index contributed by atoms with van der Waals surface area (Å²) in [6.45, 7) is 2.13. The minimum Gasteiger partial charge on any atom is -0.193 e. The SMILES string of the molecule is CCc1ccc(/C=C/C#N)cc1. The van der Waals surface area contributed by atoms with E-state index in [9.17, 15) is 0 Å². The van der Waals surface area contributed by atoms with Gasteiger partial charge in [-0.3, -0.25) is 0 Å². The third kappa shape index (κ3) is 2.25. The standard InChI is InChI=1S/C11H11N/c1-2-10-5-7-11(8-6-10)4-3-9-12/h3-8H,2H2,1H3/b4-3+. The molecule has 1 heteroatoms. The van der Waals surface area contributed by atoms with E-state index in [2.05, 4.69) is 19.1 Å². The van der Waals surface area contributed by atoms with Crippen LogP contribution in [0.2, 0.25) is 0 Å². The van der Waals surface area contributed by atoms with Crippen molar-refractivity contribution in [1.82, 2.24) is 0 Å². The summed E-state index contributed by atoms with van der Waals surface area (Å²) in [6.07, 6.45) is 4.35. The largest absolute Gasteiger partial charge is 0.193 e. The van der Waals surface area contributed by atoms with E-state index in [0.29, 0.717) is 0 Å². The Morgan fingerprint density at radius 1 is 1.33 bits per heavy atom. The zero-order valence-corrected chi connectivity index (χ0v) is 7.12. The lowest BCUT2D eigenvalue weighted by molar-refractivity contribution is 1.14. The molecule has 0 aliphatic rings. The molecule has 0 aliphatic carbocycles. The molecule has 60 valence electrons. The minimum absolute atomic E-state index is 1.06. The van der Waals surface area contributed by atoms with Gasteiger partial charge in [-0.05, 0) is 23.6 Å². The molecule has 0 N–H and O–H groups in total. The van der Waals surface area contributed by atoms with Crippen LogP contribution >= 0.6 is 0 Å². The van der Waals surface area contributed by atoms with Gasteiger partial charge < -0.3 is 0 Å². The van der Waals surface area contributed by atoms with Gasteiger partial charge in [-0.2, -0.15) is 5.26 Å². The molecule has 0 aromatic heterocycles. The highest BCUT2D eigenvalue weighted by molar-refractivity contribution is 5.51. The maximum Gasteiger partial charge on any atom is 0.0912 e. The highest BCUT2D eigenvalue weighted by Gasteiger charge is 1.87. The number of hydrogen-bond donors (Lipinski definition) is 0. The van der Waals surface area contributed by atoms with Crippen LogP contribution in [0.5, 0.6) is 0 Å². The average molecular weight is 157 g/mol. The Bertz CT molecular complexity index is 301. The van der Waals surface area contributed by atoms with E-state index < -0.39 is 0 Å². The zero-order chi connectivity index (χ0) is 8.81. The van der Waals surface area contributed by atoms with Crippen LogP contribution in [0.1, 0.15) is 18.1 Å². The molecule has 0 fully saturated rings. The summed E-state index contributed by atoms with van der Waals surface area (Å²) < 4.78 is 0. The van der Waals surface area contributed by atoms with Gasteiger partial charge in [0.25, 0.3) is 0 Å². The molecular formula is C11H11N. The van der Waals surface area contributed by atoms with E-state index in [1.165, 1.54) is 11.6 Å². The van der Waals surface area contributed by atoms with Crippen molar-refractivity contribution >= 4 is 6.08 Å². The van der Waals surface area contributed by atoms with E-state index in [-0.39, 0.29) is 0 Å². The molecule has 1 aromatic rings. The first-order valence-electron chi connectivity index (χ1n) is 4.02. The molecule has 0 bridgehead atoms. The third-order valence-electron chi connectivity index (χ3n) is 1.74. The lowest BCUT2D eigenvalue weighted by Gasteiger charge is -1.95. The Labute approximate surface area is 73.0 Å². The summed E-state index contributed by atoms with van der Waals surface area (Å²) in [4.78, 5) is 0. The zero-order valence-electron chi connectivity index (χ0n) is 7.12. The van der Waals surface area contributed by atoms with Gasteiger partial charge in [0, 0.05) is 6.08 Å². The fraction of sp³-hybridized carbons (Fsp3) is 0.182. The van der Waals surface area contributed by atoms with E-state index in [1.54, 1.807) is 6.08 Å². The maximum atomic E-state index is 8.29. The van der Waals surface area contributed by atoms with Crippen molar-refractivity contribution in [3.63, 3.8) is 0 Å². The van der Waals surface area contributed by atoms with Crippen LogP contribution < -0.4 is 0 Å². The van der Waals surface area contributed by atoms with Gasteiger partial charge in [-0.1, -0.05) is 31.2 Å². The van der Waals surface area contributed by atoms with Crippen LogP contribution in [0.4, 0.5) is 0 Å². The first-order valence-corrected chi connectivity index (χ1v) is 4.02. The predicted octanol–water partition coefficient (Wildman–Crippen LogP) is 2.79. The number of aryl methyl sites for hydroxylation is 1. The molecule has 12 heavy (non-hydrogen) atoms. The molecule has 0 aliphatic heterocycles. The quantitative estimate of drug-likeness (QED) is 0.605. The van der Waals surface area contributed by atoms with Crippen LogP contribution in [-0.2, 0) is 6.42 Å². The second kappa shape index (κ2) is 4.35. The van der Waals surface area contributed by atoms with Crippen molar-refractivity contribution in [1.29, 1.82) is 5.26 Å². The normalized spacial score (nSPS) is 10.0. The number of nitriles is 1. The summed E-state index contributed by atoms with van der Waals surface area (Å²) in [5.41, 5.74) is 2.40. The Kier molecular flexibility index (Phi) is 3.10. The second-order valence-electron chi connectivity index (χ2n) is 2.56. The molecule has 1 nitrogen and oxygen atoms in total. The molecule has 0 spiro atoms. The van der Waals surface area contributed by atoms with Crippen molar-refractivity contribution < 1.29 is 0 Å². The van der Waals surface area contributed by atoms with Crippen LogP contribution in [0.3, 0.4) is 0 Å². The van der Waals surface area contributed by atoms with E-state index in [4.69, 9.17) is 5.26 Å². The highest BCUT2D eigenvalue weighted by atomic mass is 14.2. The molecule has 0 amide bonds. The number of nitrogens with zero attached hydrogens (tertiary/aromatic N) is 1. The summed E-state index contributed by atoms with van der Waals surface area (Å²) in [5, 5.41) is 8.29. The molecule has 0 saturated carbocycles. The van der Waals surface area contributed by atoms with Crippen LogP contribution in [-0.4, -0.2) is 0 Å². The fourth-order valence-electron chi connectivity index (χ4n) is 0.998.